The van der Waals surface area contributed by atoms with Crippen LogP contribution in [0, 0.1) is 0 Å². The molecule has 2 amide bonds. The first-order valence-electron chi connectivity index (χ1n) is 9.17. The number of rotatable bonds is 5. The van der Waals surface area contributed by atoms with E-state index in [2.05, 4.69) is 30.9 Å². The maximum Gasteiger partial charge on any atom is 0.344 e. The Bertz CT molecular complexity index is 787. The van der Waals surface area contributed by atoms with Gasteiger partial charge in [-0.15, -0.1) is 0 Å². The fourth-order valence-electron chi connectivity index (χ4n) is 3.62. The van der Waals surface area contributed by atoms with E-state index in [0.717, 1.165) is 29.5 Å². The van der Waals surface area contributed by atoms with Gasteiger partial charge in [0.2, 0.25) is 0 Å². The summed E-state index contributed by atoms with van der Waals surface area (Å²) in [4.78, 5) is 20.6. The van der Waals surface area contributed by atoms with E-state index < -0.39 is 8.07 Å². The quantitative estimate of drug-likeness (QED) is 0.757. The molecule has 3 heterocycles. The van der Waals surface area contributed by atoms with Gasteiger partial charge in [-0.3, -0.25) is 4.84 Å². The smallest absolute Gasteiger partial charge is 0.344 e. The highest BCUT2D eigenvalue weighted by molar-refractivity contribution is 6.87. The average Bonchev–Trinajstić information content (AvgIpc) is 3.20. The number of piperidine rings is 1. The van der Waals surface area contributed by atoms with Gasteiger partial charge in [-0.25, -0.2) is 4.79 Å². The van der Waals surface area contributed by atoms with Crippen LogP contribution in [-0.2, 0) is 11.4 Å². The normalized spacial score (nSPS) is 23.0. The lowest BCUT2D eigenvalue weighted by Crippen LogP contribution is -2.37. The lowest BCUT2D eigenvalue weighted by molar-refractivity contribution is -0.140. The molecule has 2 aliphatic rings. The van der Waals surface area contributed by atoms with Crippen molar-refractivity contribution in [2.75, 3.05) is 6.54 Å². The molecule has 0 N–H and O–H groups in total. The molecule has 2 aromatic rings. The largest absolute Gasteiger partial charge is 0.366 e. The van der Waals surface area contributed by atoms with Gasteiger partial charge in [0, 0.05) is 12.6 Å². The summed E-state index contributed by atoms with van der Waals surface area (Å²) >= 11 is 0. The van der Waals surface area contributed by atoms with Gasteiger partial charge in [0.05, 0.1) is 12.1 Å². The fraction of sp³-hybridized carbons (Fsp3) is 0.474. The Hall–Kier alpha value is -2.12. The summed E-state index contributed by atoms with van der Waals surface area (Å²) in [6.45, 7) is 7.79. The lowest BCUT2D eigenvalue weighted by Gasteiger charge is -2.28. The van der Waals surface area contributed by atoms with Gasteiger partial charge in [0.1, 0.15) is 25.8 Å². The molecule has 2 bridgehead atoms. The number of carbonyl (C=O) groups excluding carboxylic acids is 1. The molecular weight excluding hydrogens is 346 g/mol. The molecule has 0 saturated carbocycles. The zero-order chi connectivity index (χ0) is 18.3. The van der Waals surface area contributed by atoms with Crippen LogP contribution in [0.3, 0.4) is 0 Å². The number of urea groups is 1. The number of hydrogen-bond donors (Lipinski definition) is 0. The topological polar surface area (TPSA) is 58.8 Å². The van der Waals surface area contributed by atoms with E-state index in [1.807, 2.05) is 35.2 Å². The van der Waals surface area contributed by atoms with Gasteiger partial charge in [0.15, 0.2) is 0 Å². The van der Waals surface area contributed by atoms with Crippen LogP contribution in [0.2, 0.25) is 19.6 Å². The summed E-state index contributed by atoms with van der Waals surface area (Å²) in [5.74, 6) is 0. The number of nitrogens with zero attached hydrogens (tertiary/aromatic N) is 3. The minimum atomic E-state index is -1.55. The van der Waals surface area contributed by atoms with Gasteiger partial charge in [-0.05, 0) is 18.4 Å². The Balaban J connectivity index is 1.47. The molecule has 0 unspecified atom stereocenters. The van der Waals surface area contributed by atoms with Crippen molar-refractivity contribution in [3.63, 3.8) is 0 Å². The molecule has 138 valence electrons. The van der Waals surface area contributed by atoms with Crippen LogP contribution in [0.25, 0.3) is 0 Å². The molecule has 0 radical (unpaired) electrons. The maximum absolute atomic E-state index is 12.9. The average molecular weight is 372 g/mol. The molecule has 0 aliphatic carbocycles. The van der Waals surface area contributed by atoms with E-state index >= 15 is 0 Å². The van der Waals surface area contributed by atoms with Crippen molar-refractivity contribution in [3.05, 3.63) is 47.7 Å². The molecule has 2 aliphatic heterocycles. The SMILES string of the molecule is C[Si](C)(C)c1cc([C@@H]2CC[C@@H]3CN2C(=O)N3OCc2ccccc2)no1. The number of hydroxylamine groups is 2. The van der Waals surface area contributed by atoms with Gasteiger partial charge in [-0.2, -0.15) is 5.06 Å². The standard InChI is InChI=1S/C19H25N3O3Si/c1-26(2,3)18-11-16(20-25-18)17-10-9-15-12-21(17)19(23)22(15)24-13-14-7-5-4-6-8-14/h4-8,11,15,17H,9-10,12-13H2,1-3H3/t15-,17+/m1/s1. The van der Waals surface area contributed by atoms with Gasteiger partial charge in [0.25, 0.3) is 0 Å². The second kappa shape index (κ2) is 6.55. The van der Waals surface area contributed by atoms with Crippen LogP contribution in [0.15, 0.2) is 40.9 Å². The molecule has 6 nitrogen and oxygen atoms in total. The third-order valence-electron chi connectivity index (χ3n) is 5.14. The summed E-state index contributed by atoms with van der Waals surface area (Å²) in [6, 6.07) is 12.0. The van der Waals surface area contributed by atoms with Crippen LogP contribution in [0.4, 0.5) is 4.79 Å². The molecule has 1 aromatic heterocycles. The Morgan fingerprint density at radius 2 is 2.00 bits per heavy atom. The maximum atomic E-state index is 12.9. The second-order valence-corrected chi connectivity index (χ2v) is 13.1. The summed E-state index contributed by atoms with van der Waals surface area (Å²) < 4.78 is 5.59. The first-order chi connectivity index (χ1) is 12.4. The summed E-state index contributed by atoms with van der Waals surface area (Å²) in [6.07, 6.45) is 1.80. The molecule has 7 heteroatoms. The highest BCUT2D eigenvalue weighted by atomic mass is 28.3. The van der Waals surface area contributed by atoms with E-state index in [1.165, 1.54) is 0 Å². The lowest BCUT2D eigenvalue weighted by atomic mass is 9.99. The molecule has 2 atom stereocenters. The van der Waals surface area contributed by atoms with Crippen LogP contribution in [0.1, 0.15) is 30.1 Å². The zero-order valence-electron chi connectivity index (χ0n) is 15.5. The second-order valence-electron chi connectivity index (χ2n) is 8.13. The van der Waals surface area contributed by atoms with E-state index in [-0.39, 0.29) is 18.1 Å². The van der Waals surface area contributed by atoms with Crippen LogP contribution in [-0.4, -0.2) is 41.8 Å². The van der Waals surface area contributed by atoms with Crippen molar-refractivity contribution in [2.45, 2.75) is 51.2 Å². The minimum absolute atomic E-state index is 0.0158. The molecular formula is C19H25N3O3Si. The number of carbonyl (C=O) groups is 1. The summed E-state index contributed by atoms with van der Waals surface area (Å²) in [5, 5.41) is 6.83. The number of hydrogen-bond acceptors (Lipinski definition) is 4. The first kappa shape index (κ1) is 17.3. The molecule has 1 aromatic carbocycles. The Labute approximate surface area is 154 Å². The zero-order valence-corrected chi connectivity index (χ0v) is 16.5. The van der Waals surface area contributed by atoms with E-state index in [1.54, 1.807) is 5.06 Å². The number of aromatic nitrogens is 1. The monoisotopic (exact) mass is 371 g/mol. The van der Waals surface area contributed by atoms with Crippen LogP contribution in [0.5, 0.6) is 0 Å². The molecule has 26 heavy (non-hydrogen) atoms. The van der Waals surface area contributed by atoms with Crippen molar-refractivity contribution < 1.29 is 14.2 Å². The molecule has 2 saturated heterocycles. The van der Waals surface area contributed by atoms with Crippen molar-refractivity contribution in [1.82, 2.24) is 15.1 Å². The summed E-state index contributed by atoms with van der Waals surface area (Å²) in [7, 11) is -1.55. The van der Waals surface area contributed by atoms with E-state index in [9.17, 15) is 4.79 Å². The highest BCUT2D eigenvalue weighted by Crippen LogP contribution is 2.38. The Morgan fingerprint density at radius 1 is 1.23 bits per heavy atom. The molecule has 4 rings (SSSR count). The highest BCUT2D eigenvalue weighted by Gasteiger charge is 2.47. The third kappa shape index (κ3) is 3.17. The minimum Gasteiger partial charge on any atom is -0.366 e. The number of fused-ring (bicyclic) bond motifs is 2. The van der Waals surface area contributed by atoms with E-state index in [0.29, 0.717) is 13.2 Å². The summed E-state index contributed by atoms with van der Waals surface area (Å²) in [5.41, 5.74) is 1.93. The fourth-order valence-corrected chi connectivity index (χ4v) is 4.52. The van der Waals surface area contributed by atoms with Crippen molar-refractivity contribution in [3.8, 4) is 0 Å². The number of benzene rings is 1. The number of amides is 2. The van der Waals surface area contributed by atoms with Crippen LogP contribution < -0.4 is 5.38 Å². The predicted octanol–water partition coefficient (Wildman–Crippen LogP) is 3.29. The molecule has 0 spiro atoms. The van der Waals surface area contributed by atoms with Gasteiger partial charge < -0.3 is 9.42 Å². The molecule has 2 fully saturated rings. The van der Waals surface area contributed by atoms with Crippen molar-refractivity contribution >= 4 is 19.5 Å². The first-order valence-corrected chi connectivity index (χ1v) is 12.7. The third-order valence-corrected chi connectivity index (χ3v) is 6.86. The van der Waals surface area contributed by atoms with Crippen LogP contribution >= 0.6 is 0 Å². The Kier molecular flexibility index (Phi) is 4.36. The van der Waals surface area contributed by atoms with E-state index in [4.69, 9.17) is 9.36 Å². The Morgan fingerprint density at radius 3 is 2.69 bits per heavy atom. The predicted molar refractivity (Wildman–Crippen MR) is 100 cm³/mol. The van der Waals surface area contributed by atoms with Gasteiger partial charge >= 0.3 is 6.03 Å². The van der Waals surface area contributed by atoms with Crippen molar-refractivity contribution in [2.24, 2.45) is 0 Å². The van der Waals surface area contributed by atoms with Gasteiger partial charge in [-0.1, -0.05) is 55.1 Å². The van der Waals surface area contributed by atoms with Crippen molar-refractivity contribution in [1.29, 1.82) is 0 Å².